The number of ketones is 1. The van der Waals surface area contributed by atoms with Crippen LogP contribution in [0.15, 0.2) is 42.2 Å². The van der Waals surface area contributed by atoms with Gasteiger partial charge in [-0.15, -0.1) is 0 Å². The first-order valence-electron chi connectivity index (χ1n) is 7.24. The molecule has 0 bridgehead atoms. The fourth-order valence-corrected chi connectivity index (χ4v) is 1.77. The summed E-state index contributed by atoms with van der Waals surface area (Å²) in [6, 6.07) is 0.431. The Labute approximate surface area is 153 Å². The summed E-state index contributed by atoms with van der Waals surface area (Å²) in [6.45, 7) is 0. The highest BCUT2D eigenvalue weighted by Gasteiger charge is 2.38. The second-order valence-corrected chi connectivity index (χ2v) is 5.66. The topological polar surface area (TPSA) is 32.3 Å². The van der Waals surface area contributed by atoms with Gasteiger partial charge in [-0.2, -0.15) is 39.5 Å². The number of anilines is 1. The van der Waals surface area contributed by atoms with Crippen LogP contribution in [0, 0.1) is 0 Å². The van der Waals surface area contributed by atoms with E-state index in [4.69, 9.17) is 0 Å². The molecule has 1 aromatic rings. The normalized spacial score (nSPS) is 13.8. The van der Waals surface area contributed by atoms with Gasteiger partial charge in [0.25, 0.3) is 5.78 Å². The van der Waals surface area contributed by atoms with Gasteiger partial charge in [-0.25, -0.2) is 0 Å². The van der Waals surface area contributed by atoms with Crippen LogP contribution in [0.4, 0.5) is 45.2 Å². The van der Waals surface area contributed by atoms with Crippen molar-refractivity contribution in [3.63, 3.8) is 0 Å². The van der Waals surface area contributed by atoms with Crippen LogP contribution >= 0.6 is 0 Å². The highest BCUT2D eigenvalue weighted by Crippen LogP contribution is 2.37. The van der Waals surface area contributed by atoms with E-state index in [9.17, 15) is 44.3 Å². The molecule has 1 aromatic carbocycles. The molecule has 28 heavy (non-hydrogen) atoms. The van der Waals surface area contributed by atoms with Crippen LogP contribution in [0.25, 0.3) is 0 Å². The molecule has 156 valence electrons. The lowest BCUT2D eigenvalue weighted by Gasteiger charge is -2.16. The van der Waals surface area contributed by atoms with E-state index >= 15 is 0 Å². The fraction of sp³-hybridized carbons (Fsp3) is 0.312. The standard InChI is InChI=1S/C16H13F9N2O/c1-27(2)4-3-11(8-13(28)16(23,24)25)26-12-6-9(14(17,18)19)5-10(7-12)15(20,21)22/h3-8,26H,1-2H3/b4-3+,11-8+. The summed E-state index contributed by atoms with van der Waals surface area (Å²) in [4.78, 5) is 12.4. The number of allylic oxidation sites excluding steroid dienone is 2. The molecule has 1 N–H and O–H groups in total. The first-order valence-corrected chi connectivity index (χ1v) is 7.24. The Bertz CT molecular complexity index is 740. The summed E-state index contributed by atoms with van der Waals surface area (Å²) in [5.74, 6) is -2.35. The number of hydrogen-bond acceptors (Lipinski definition) is 3. The number of benzene rings is 1. The lowest BCUT2D eigenvalue weighted by Crippen LogP contribution is -2.21. The van der Waals surface area contributed by atoms with Crippen LogP contribution in [0.5, 0.6) is 0 Å². The lowest BCUT2D eigenvalue weighted by molar-refractivity contribution is -0.165. The van der Waals surface area contributed by atoms with Crippen molar-refractivity contribution >= 4 is 11.5 Å². The summed E-state index contributed by atoms with van der Waals surface area (Å²) >= 11 is 0. The Balaban J connectivity index is 3.45. The number of carbonyl (C=O) groups excluding carboxylic acids is 1. The molecule has 0 amide bonds. The molecule has 0 aromatic heterocycles. The van der Waals surface area contributed by atoms with E-state index in [1.54, 1.807) is 0 Å². The van der Waals surface area contributed by atoms with Gasteiger partial charge in [0.1, 0.15) is 0 Å². The molecule has 0 spiro atoms. The van der Waals surface area contributed by atoms with Gasteiger partial charge in [0, 0.05) is 37.8 Å². The number of rotatable bonds is 5. The van der Waals surface area contributed by atoms with Crippen molar-refractivity contribution in [1.82, 2.24) is 4.90 Å². The van der Waals surface area contributed by atoms with Gasteiger partial charge < -0.3 is 10.2 Å². The lowest BCUT2D eigenvalue weighted by atomic mass is 10.1. The quantitative estimate of drug-likeness (QED) is 0.403. The largest absolute Gasteiger partial charge is 0.454 e. The van der Waals surface area contributed by atoms with Gasteiger partial charge in [-0.05, 0) is 24.3 Å². The number of hydrogen-bond donors (Lipinski definition) is 1. The van der Waals surface area contributed by atoms with Gasteiger partial charge >= 0.3 is 18.5 Å². The number of halogens is 9. The molecular weight excluding hydrogens is 407 g/mol. The maximum atomic E-state index is 12.9. The zero-order chi connectivity index (χ0) is 21.9. The van der Waals surface area contributed by atoms with E-state index in [1.807, 2.05) is 5.32 Å². The number of nitrogens with one attached hydrogen (secondary N) is 1. The molecule has 0 saturated carbocycles. The van der Waals surface area contributed by atoms with E-state index in [2.05, 4.69) is 0 Å². The van der Waals surface area contributed by atoms with Crippen molar-refractivity contribution in [2.75, 3.05) is 19.4 Å². The average molecular weight is 420 g/mol. The fourth-order valence-electron chi connectivity index (χ4n) is 1.77. The third-order valence-corrected chi connectivity index (χ3v) is 2.99. The van der Waals surface area contributed by atoms with Crippen molar-refractivity contribution in [3.8, 4) is 0 Å². The zero-order valence-electron chi connectivity index (χ0n) is 14.2. The molecule has 0 unspecified atom stereocenters. The van der Waals surface area contributed by atoms with E-state index in [0.717, 1.165) is 12.3 Å². The van der Waals surface area contributed by atoms with Crippen molar-refractivity contribution in [2.45, 2.75) is 18.5 Å². The molecule has 0 fully saturated rings. The number of alkyl halides is 9. The van der Waals surface area contributed by atoms with Crippen LogP contribution < -0.4 is 5.32 Å². The van der Waals surface area contributed by atoms with Crippen molar-refractivity contribution < 1.29 is 44.3 Å². The minimum atomic E-state index is -5.27. The molecule has 0 atom stereocenters. The number of nitrogens with zero attached hydrogens (tertiary/aromatic N) is 1. The predicted molar refractivity (Wildman–Crippen MR) is 82.0 cm³/mol. The Morgan fingerprint density at radius 3 is 1.71 bits per heavy atom. The summed E-state index contributed by atoms with van der Waals surface area (Å²) < 4.78 is 114. The van der Waals surface area contributed by atoms with Crippen LogP contribution in [0.3, 0.4) is 0 Å². The molecule has 12 heteroatoms. The third-order valence-electron chi connectivity index (χ3n) is 2.99. The second kappa shape index (κ2) is 8.15. The second-order valence-electron chi connectivity index (χ2n) is 5.66. The minimum absolute atomic E-state index is 0.0214. The first-order chi connectivity index (χ1) is 12.5. The third kappa shape index (κ3) is 7.16. The highest BCUT2D eigenvalue weighted by atomic mass is 19.4. The van der Waals surface area contributed by atoms with Gasteiger partial charge in [0.15, 0.2) is 0 Å². The molecule has 0 radical (unpaired) electrons. The minimum Gasteiger partial charge on any atom is -0.383 e. The summed E-state index contributed by atoms with van der Waals surface area (Å²) in [5, 5.41) is 1.99. The summed E-state index contributed by atoms with van der Waals surface area (Å²) in [6.07, 6.45) is -13.5. The van der Waals surface area contributed by atoms with Crippen molar-refractivity contribution in [2.24, 2.45) is 0 Å². The maximum absolute atomic E-state index is 12.9. The molecule has 0 aliphatic rings. The van der Waals surface area contributed by atoms with Gasteiger partial charge in [0.2, 0.25) is 0 Å². The Morgan fingerprint density at radius 2 is 1.36 bits per heavy atom. The summed E-state index contributed by atoms with van der Waals surface area (Å²) in [5.41, 5.74) is -4.79. The van der Waals surface area contributed by atoms with E-state index in [1.165, 1.54) is 19.0 Å². The van der Waals surface area contributed by atoms with Crippen LogP contribution in [0.1, 0.15) is 11.1 Å². The van der Waals surface area contributed by atoms with E-state index < -0.39 is 46.8 Å². The van der Waals surface area contributed by atoms with Crippen LogP contribution in [-0.2, 0) is 17.1 Å². The van der Waals surface area contributed by atoms with Gasteiger partial charge in [-0.3, -0.25) is 4.79 Å². The molecule has 0 heterocycles. The summed E-state index contributed by atoms with van der Waals surface area (Å²) in [7, 11) is 2.90. The average Bonchev–Trinajstić information content (AvgIpc) is 2.49. The van der Waals surface area contributed by atoms with Gasteiger partial charge in [-0.1, -0.05) is 0 Å². The molecule has 0 aliphatic carbocycles. The Morgan fingerprint density at radius 1 is 0.893 bits per heavy atom. The monoisotopic (exact) mass is 420 g/mol. The van der Waals surface area contributed by atoms with E-state index in [0.29, 0.717) is 0 Å². The zero-order valence-corrected chi connectivity index (χ0v) is 14.2. The Kier molecular flexibility index (Phi) is 6.80. The molecular formula is C16H13F9N2O. The number of carbonyl (C=O) groups is 1. The molecule has 1 rings (SSSR count). The van der Waals surface area contributed by atoms with E-state index in [-0.39, 0.29) is 24.3 Å². The first kappa shape index (κ1) is 23.4. The SMILES string of the molecule is CN(C)/C=C/C(=C\C(=O)C(F)(F)F)Nc1cc(C(F)(F)F)cc(C(F)(F)F)c1. The highest BCUT2D eigenvalue weighted by molar-refractivity contribution is 5.95. The van der Waals surface area contributed by atoms with Crippen LogP contribution in [-0.4, -0.2) is 31.0 Å². The maximum Gasteiger partial charge on any atom is 0.454 e. The predicted octanol–water partition coefficient (Wildman–Crippen LogP) is 5.23. The van der Waals surface area contributed by atoms with Crippen LogP contribution in [0.2, 0.25) is 0 Å². The molecule has 3 nitrogen and oxygen atoms in total. The molecule has 0 saturated heterocycles. The molecule has 0 aliphatic heterocycles. The smallest absolute Gasteiger partial charge is 0.383 e. The Hall–Kier alpha value is -2.66. The van der Waals surface area contributed by atoms with Crippen molar-refractivity contribution in [1.29, 1.82) is 0 Å². The van der Waals surface area contributed by atoms with Crippen molar-refractivity contribution in [3.05, 3.63) is 53.4 Å². The van der Waals surface area contributed by atoms with Gasteiger partial charge in [0.05, 0.1) is 11.1 Å².